The number of Topliss-reactive ketones (excluding diaryl/α,β-unsaturated/α-hetero) is 1. The molecule has 1 aromatic heterocycles. The molecule has 0 radical (unpaired) electrons. The SMILES string of the molecule is CCC1SCCSC1C(=O)c1cnnn1C. The van der Waals surface area contributed by atoms with E-state index in [1.54, 1.807) is 29.7 Å². The summed E-state index contributed by atoms with van der Waals surface area (Å²) in [5, 5.41) is 8.08. The number of ketones is 1. The van der Waals surface area contributed by atoms with Crippen LogP contribution in [-0.2, 0) is 7.05 Å². The van der Waals surface area contributed by atoms with Gasteiger partial charge in [-0.15, -0.1) is 16.9 Å². The van der Waals surface area contributed by atoms with E-state index in [4.69, 9.17) is 0 Å². The minimum atomic E-state index is 0.0703. The van der Waals surface area contributed by atoms with Crippen LogP contribution in [0.2, 0.25) is 0 Å². The summed E-state index contributed by atoms with van der Waals surface area (Å²) >= 11 is 3.68. The second kappa shape index (κ2) is 5.23. The van der Waals surface area contributed by atoms with Crippen molar-refractivity contribution in [3.63, 3.8) is 0 Å². The lowest BCUT2D eigenvalue weighted by atomic mass is 10.1. The third-order valence-corrected chi connectivity index (χ3v) is 5.92. The maximum atomic E-state index is 12.3. The van der Waals surface area contributed by atoms with Crippen LogP contribution in [0.1, 0.15) is 23.8 Å². The van der Waals surface area contributed by atoms with Gasteiger partial charge in [0.15, 0.2) is 5.78 Å². The van der Waals surface area contributed by atoms with Crippen molar-refractivity contribution in [3.05, 3.63) is 11.9 Å². The number of hydrogen-bond acceptors (Lipinski definition) is 5. The Balaban J connectivity index is 2.17. The van der Waals surface area contributed by atoms with E-state index in [0.29, 0.717) is 10.9 Å². The van der Waals surface area contributed by atoms with Crippen LogP contribution in [0.4, 0.5) is 0 Å². The van der Waals surface area contributed by atoms with Crippen LogP contribution in [0.25, 0.3) is 0 Å². The van der Waals surface area contributed by atoms with E-state index < -0.39 is 0 Å². The van der Waals surface area contributed by atoms with Gasteiger partial charge in [-0.25, -0.2) is 4.68 Å². The van der Waals surface area contributed by atoms with Gasteiger partial charge < -0.3 is 0 Å². The predicted octanol–water partition coefficient (Wildman–Crippen LogP) is 1.62. The maximum absolute atomic E-state index is 12.3. The first kappa shape index (κ1) is 12.0. The summed E-state index contributed by atoms with van der Waals surface area (Å²) in [6.07, 6.45) is 2.61. The number of aromatic nitrogens is 3. The minimum Gasteiger partial charge on any atom is -0.291 e. The van der Waals surface area contributed by atoms with Gasteiger partial charge in [0.25, 0.3) is 0 Å². The van der Waals surface area contributed by atoms with E-state index >= 15 is 0 Å². The van der Waals surface area contributed by atoms with Gasteiger partial charge in [-0.1, -0.05) is 12.1 Å². The van der Waals surface area contributed by atoms with Crippen molar-refractivity contribution in [2.24, 2.45) is 7.05 Å². The molecule has 1 saturated heterocycles. The van der Waals surface area contributed by atoms with E-state index in [1.807, 2.05) is 11.8 Å². The van der Waals surface area contributed by atoms with Gasteiger partial charge in [-0.3, -0.25) is 4.79 Å². The molecule has 2 heterocycles. The van der Waals surface area contributed by atoms with Crippen molar-refractivity contribution < 1.29 is 4.79 Å². The molecular formula is C10H15N3OS2. The highest BCUT2D eigenvalue weighted by atomic mass is 32.2. The first-order chi connectivity index (χ1) is 7.74. The van der Waals surface area contributed by atoms with E-state index in [9.17, 15) is 4.79 Å². The van der Waals surface area contributed by atoms with Crippen LogP contribution in [0.5, 0.6) is 0 Å². The summed E-state index contributed by atoms with van der Waals surface area (Å²) in [6, 6.07) is 0. The average molecular weight is 257 g/mol. The fourth-order valence-electron chi connectivity index (χ4n) is 1.80. The highest BCUT2D eigenvalue weighted by Crippen LogP contribution is 2.34. The average Bonchev–Trinajstić information content (AvgIpc) is 2.74. The molecule has 0 amide bonds. The van der Waals surface area contributed by atoms with E-state index in [2.05, 4.69) is 17.2 Å². The molecule has 88 valence electrons. The summed E-state index contributed by atoms with van der Waals surface area (Å²) in [5.74, 6) is 2.39. The van der Waals surface area contributed by atoms with Crippen LogP contribution >= 0.6 is 23.5 Å². The molecule has 6 heteroatoms. The molecule has 0 aliphatic carbocycles. The predicted molar refractivity (Wildman–Crippen MR) is 68.1 cm³/mol. The van der Waals surface area contributed by atoms with Gasteiger partial charge >= 0.3 is 0 Å². The van der Waals surface area contributed by atoms with Gasteiger partial charge in [0.2, 0.25) is 0 Å². The molecule has 0 N–H and O–H groups in total. The van der Waals surface area contributed by atoms with Gasteiger partial charge in [-0.2, -0.15) is 11.8 Å². The summed E-state index contributed by atoms with van der Waals surface area (Å²) < 4.78 is 1.56. The Morgan fingerprint density at radius 2 is 2.31 bits per heavy atom. The monoisotopic (exact) mass is 257 g/mol. The van der Waals surface area contributed by atoms with Crippen molar-refractivity contribution in [1.29, 1.82) is 0 Å². The quantitative estimate of drug-likeness (QED) is 0.770. The lowest BCUT2D eigenvalue weighted by Crippen LogP contribution is -2.33. The van der Waals surface area contributed by atoms with Gasteiger partial charge in [0.1, 0.15) is 5.69 Å². The molecular weight excluding hydrogens is 242 g/mol. The number of aryl methyl sites for hydroxylation is 1. The van der Waals surface area contributed by atoms with Crippen molar-refractivity contribution in [2.45, 2.75) is 23.8 Å². The molecule has 2 rings (SSSR count). The Bertz CT molecular complexity index is 380. The van der Waals surface area contributed by atoms with Crippen LogP contribution in [0.15, 0.2) is 6.20 Å². The number of carbonyl (C=O) groups excluding carboxylic acids is 1. The summed E-state index contributed by atoms with van der Waals surface area (Å²) in [4.78, 5) is 12.3. The second-order valence-corrected chi connectivity index (χ2v) is 6.31. The van der Waals surface area contributed by atoms with Gasteiger partial charge in [0, 0.05) is 23.8 Å². The van der Waals surface area contributed by atoms with Gasteiger partial charge in [-0.05, 0) is 6.42 Å². The normalized spacial score (nSPS) is 25.6. The fraction of sp³-hybridized carbons (Fsp3) is 0.700. The van der Waals surface area contributed by atoms with Crippen molar-refractivity contribution in [3.8, 4) is 0 Å². The topological polar surface area (TPSA) is 47.8 Å². The first-order valence-electron chi connectivity index (χ1n) is 5.36. The third kappa shape index (κ3) is 2.27. The molecule has 1 aliphatic rings. The molecule has 2 atom stereocenters. The molecule has 1 fully saturated rings. The Hall–Kier alpha value is -0.490. The lowest BCUT2D eigenvalue weighted by Gasteiger charge is -2.28. The highest BCUT2D eigenvalue weighted by Gasteiger charge is 2.33. The Labute approximate surface area is 104 Å². The van der Waals surface area contributed by atoms with E-state index in [-0.39, 0.29) is 11.0 Å². The van der Waals surface area contributed by atoms with Crippen LogP contribution in [0, 0.1) is 0 Å². The Morgan fingerprint density at radius 3 is 2.94 bits per heavy atom. The molecule has 4 nitrogen and oxygen atoms in total. The Kier molecular flexibility index (Phi) is 3.91. The smallest absolute Gasteiger partial charge is 0.196 e. The third-order valence-electron chi connectivity index (χ3n) is 2.68. The number of rotatable bonds is 3. The van der Waals surface area contributed by atoms with E-state index in [0.717, 1.165) is 17.9 Å². The number of nitrogens with zero attached hydrogens (tertiary/aromatic N) is 3. The molecule has 0 spiro atoms. The number of thioether (sulfide) groups is 2. The largest absolute Gasteiger partial charge is 0.291 e. The van der Waals surface area contributed by atoms with Crippen LogP contribution in [0.3, 0.4) is 0 Å². The molecule has 0 saturated carbocycles. The summed E-state index contributed by atoms with van der Waals surface area (Å²) in [5.41, 5.74) is 0.624. The molecule has 0 aromatic carbocycles. The van der Waals surface area contributed by atoms with Gasteiger partial charge in [0.05, 0.1) is 11.4 Å². The van der Waals surface area contributed by atoms with Crippen LogP contribution in [-0.4, -0.2) is 42.8 Å². The standard InChI is InChI=1S/C10H15N3OS2/c1-3-8-10(16-5-4-15-8)9(14)7-6-11-12-13(7)2/h6,8,10H,3-5H2,1-2H3. The fourth-order valence-corrected chi connectivity index (χ4v) is 4.82. The van der Waals surface area contributed by atoms with Crippen molar-refractivity contribution in [1.82, 2.24) is 15.0 Å². The number of carbonyl (C=O) groups is 1. The van der Waals surface area contributed by atoms with Crippen molar-refractivity contribution >= 4 is 29.3 Å². The Morgan fingerprint density at radius 1 is 1.56 bits per heavy atom. The lowest BCUT2D eigenvalue weighted by molar-refractivity contribution is 0.0979. The zero-order valence-electron chi connectivity index (χ0n) is 9.42. The van der Waals surface area contributed by atoms with Crippen molar-refractivity contribution in [2.75, 3.05) is 11.5 Å². The molecule has 1 aliphatic heterocycles. The maximum Gasteiger partial charge on any atom is 0.196 e. The highest BCUT2D eigenvalue weighted by molar-refractivity contribution is 8.07. The van der Waals surface area contributed by atoms with Crippen LogP contribution < -0.4 is 0 Å². The first-order valence-corrected chi connectivity index (χ1v) is 7.46. The molecule has 2 unspecified atom stereocenters. The number of hydrogen-bond donors (Lipinski definition) is 0. The minimum absolute atomic E-state index is 0.0703. The second-order valence-electron chi connectivity index (χ2n) is 3.72. The van der Waals surface area contributed by atoms with E-state index in [1.165, 1.54) is 0 Å². The zero-order chi connectivity index (χ0) is 11.5. The molecule has 0 bridgehead atoms. The summed E-state index contributed by atoms with van der Waals surface area (Å²) in [6.45, 7) is 2.14. The zero-order valence-corrected chi connectivity index (χ0v) is 11.1. The summed E-state index contributed by atoms with van der Waals surface area (Å²) in [7, 11) is 1.77. The molecule has 1 aromatic rings. The molecule has 16 heavy (non-hydrogen) atoms.